The molecule has 5 heteroatoms. The molecule has 0 saturated carbocycles. The molecule has 0 radical (unpaired) electrons. The highest BCUT2D eigenvalue weighted by molar-refractivity contribution is 9.10. The van der Waals surface area contributed by atoms with E-state index in [9.17, 15) is 4.79 Å². The minimum Gasteiger partial charge on any atom is -0.497 e. The van der Waals surface area contributed by atoms with Gasteiger partial charge >= 0.3 is 0 Å². The molecule has 0 spiro atoms. The number of hydrogen-bond acceptors (Lipinski definition) is 3. The van der Waals surface area contributed by atoms with Crippen molar-refractivity contribution in [1.29, 1.82) is 0 Å². The number of halogens is 1. The summed E-state index contributed by atoms with van der Waals surface area (Å²) in [6.45, 7) is 2.84. The number of benzene rings is 1. The maximum absolute atomic E-state index is 12.2. The molecule has 0 aromatic heterocycles. The van der Waals surface area contributed by atoms with Crippen molar-refractivity contribution in [2.45, 2.75) is 26.2 Å². The van der Waals surface area contributed by atoms with Crippen molar-refractivity contribution in [1.82, 2.24) is 5.32 Å². The molecule has 20 heavy (non-hydrogen) atoms. The van der Waals surface area contributed by atoms with Crippen LogP contribution in [0.2, 0.25) is 0 Å². The van der Waals surface area contributed by atoms with Gasteiger partial charge in [0, 0.05) is 17.6 Å². The molecule has 0 bridgehead atoms. The van der Waals surface area contributed by atoms with Gasteiger partial charge in [-0.25, -0.2) is 0 Å². The van der Waals surface area contributed by atoms with Gasteiger partial charge in [-0.2, -0.15) is 0 Å². The molecule has 1 aromatic carbocycles. The number of carbonyl (C=O) groups excluding carboxylic acids is 1. The highest BCUT2D eigenvalue weighted by Gasteiger charge is 2.14. The summed E-state index contributed by atoms with van der Waals surface area (Å²) >= 11 is 3.37. The Morgan fingerprint density at radius 2 is 2.20 bits per heavy atom. The predicted molar refractivity (Wildman–Crippen MR) is 83.1 cm³/mol. The summed E-state index contributed by atoms with van der Waals surface area (Å²) in [7, 11) is 1.57. The topological polar surface area (TPSA) is 58.6 Å². The van der Waals surface area contributed by atoms with Crippen molar-refractivity contribution in [3.63, 3.8) is 0 Å². The van der Waals surface area contributed by atoms with E-state index < -0.39 is 0 Å². The van der Waals surface area contributed by atoms with Crippen molar-refractivity contribution < 1.29 is 14.6 Å². The van der Waals surface area contributed by atoms with Crippen LogP contribution in [-0.4, -0.2) is 31.3 Å². The third-order valence-corrected chi connectivity index (χ3v) is 3.90. The van der Waals surface area contributed by atoms with Crippen LogP contribution in [0.25, 0.3) is 0 Å². The molecule has 1 amide bonds. The minimum atomic E-state index is -0.130. The standard InChI is InChI=1S/C15H22BrNO3/c1-3-4-11(7-8-18)10-17-15(19)13-9-12(20-2)5-6-14(13)16/h5-6,9,11,18H,3-4,7-8,10H2,1-2H3,(H,17,19). The second kappa shape index (κ2) is 8.97. The van der Waals surface area contributed by atoms with Gasteiger partial charge in [0.1, 0.15) is 5.75 Å². The van der Waals surface area contributed by atoms with Crippen molar-refractivity contribution >= 4 is 21.8 Å². The molecule has 4 nitrogen and oxygen atoms in total. The molecule has 0 saturated heterocycles. The van der Waals surface area contributed by atoms with E-state index >= 15 is 0 Å². The fraction of sp³-hybridized carbons (Fsp3) is 0.533. The minimum absolute atomic E-state index is 0.130. The zero-order valence-electron chi connectivity index (χ0n) is 12.0. The van der Waals surface area contributed by atoms with Crippen LogP contribution < -0.4 is 10.1 Å². The van der Waals surface area contributed by atoms with E-state index in [1.165, 1.54) is 0 Å². The van der Waals surface area contributed by atoms with Crippen LogP contribution in [0.1, 0.15) is 36.5 Å². The second-order valence-electron chi connectivity index (χ2n) is 4.72. The largest absolute Gasteiger partial charge is 0.497 e. The molecule has 0 aliphatic carbocycles. The Bertz CT molecular complexity index is 431. The second-order valence-corrected chi connectivity index (χ2v) is 5.58. The van der Waals surface area contributed by atoms with Gasteiger partial charge < -0.3 is 15.2 Å². The molecule has 2 N–H and O–H groups in total. The summed E-state index contributed by atoms with van der Waals surface area (Å²) in [6.07, 6.45) is 2.76. The average Bonchev–Trinajstić information content (AvgIpc) is 2.45. The van der Waals surface area contributed by atoms with Crippen LogP contribution in [0.15, 0.2) is 22.7 Å². The molecular weight excluding hydrogens is 322 g/mol. The smallest absolute Gasteiger partial charge is 0.252 e. The Hall–Kier alpha value is -1.07. The number of hydrogen-bond donors (Lipinski definition) is 2. The first-order valence-corrected chi connectivity index (χ1v) is 7.64. The fourth-order valence-electron chi connectivity index (χ4n) is 2.08. The first-order valence-electron chi connectivity index (χ1n) is 6.85. The molecule has 1 aromatic rings. The van der Waals surface area contributed by atoms with Crippen molar-refractivity contribution in [3.05, 3.63) is 28.2 Å². The monoisotopic (exact) mass is 343 g/mol. The first kappa shape index (κ1) is 17.0. The van der Waals surface area contributed by atoms with Crippen LogP contribution in [0, 0.1) is 5.92 Å². The number of nitrogens with one attached hydrogen (secondary N) is 1. The third kappa shape index (κ3) is 5.13. The Kier molecular flexibility index (Phi) is 7.62. The van der Waals surface area contributed by atoms with Gasteiger partial charge in [-0.05, 0) is 52.9 Å². The summed E-state index contributed by atoms with van der Waals surface area (Å²) in [5.41, 5.74) is 0.559. The number of carbonyl (C=O) groups is 1. The van der Waals surface area contributed by atoms with Gasteiger partial charge in [0.15, 0.2) is 0 Å². The van der Waals surface area contributed by atoms with Gasteiger partial charge in [-0.1, -0.05) is 13.3 Å². The Morgan fingerprint density at radius 3 is 2.80 bits per heavy atom. The van der Waals surface area contributed by atoms with E-state index in [1.807, 2.05) is 0 Å². The molecule has 0 heterocycles. The maximum Gasteiger partial charge on any atom is 0.252 e. The number of aliphatic hydroxyl groups excluding tert-OH is 1. The average molecular weight is 344 g/mol. The van der Waals surface area contributed by atoms with E-state index in [0.29, 0.717) is 30.2 Å². The summed E-state index contributed by atoms with van der Waals surface area (Å²) in [5.74, 6) is 0.840. The van der Waals surface area contributed by atoms with Crippen molar-refractivity contribution in [2.75, 3.05) is 20.3 Å². The lowest BCUT2D eigenvalue weighted by molar-refractivity contribution is 0.0941. The quantitative estimate of drug-likeness (QED) is 0.762. The third-order valence-electron chi connectivity index (χ3n) is 3.20. The molecule has 1 atom stereocenters. The predicted octanol–water partition coefficient (Wildman–Crippen LogP) is 2.99. The molecule has 0 fully saturated rings. The van der Waals surface area contributed by atoms with Gasteiger partial charge in [0.2, 0.25) is 0 Å². The van der Waals surface area contributed by atoms with Crippen molar-refractivity contribution in [2.24, 2.45) is 5.92 Å². The highest BCUT2D eigenvalue weighted by atomic mass is 79.9. The van der Waals surface area contributed by atoms with Crippen LogP contribution in [0.4, 0.5) is 0 Å². The number of ether oxygens (including phenoxy) is 1. The number of amides is 1. The molecule has 1 rings (SSSR count). The molecule has 112 valence electrons. The molecule has 1 unspecified atom stereocenters. The SMILES string of the molecule is CCCC(CCO)CNC(=O)c1cc(OC)ccc1Br. The van der Waals surface area contributed by atoms with Crippen LogP contribution in [0.3, 0.4) is 0 Å². The Labute approximate surface area is 128 Å². The number of aliphatic hydroxyl groups is 1. The lowest BCUT2D eigenvalue weighted by atomic mass is 10.00. The molecular formula is C15H22BrNO3. The fourth-order valence-corrected chi connectivity index (χ4v) is 2.50. The van der Waals surface area contributed by atoms with E-state index in [-0.39, 0.29) is 12.5 Å². The Morgan fingerprint density at radius 1 is 1.45 bits per heavy atom. The normalized spacial score (nSPS) is 12.0. The highest BCUT2D eigenvalue weighted by Crippen LogP contribution is 2.22. The summed E-state index contributed by atoms with van der Waals surface area (Å²) < 4.78 is 5.87. The van der Waals surface area contributed by atoms with Gasteiger partial charge in [-0.3, -0.25) is 4.79 Å². The van der Waals surface area contributed by atoms with Gasteiger partial charge in [-0.15, -0.1) is 0 Å². The summed E-state index contributed by atoms with van der Waals surface area (Å²) in [5, 5.41) is 11.9. The van der Waals surface area contributed by atoms with E-state index in [0.717, 1.165) is 17.3 Å². The first-order chi connectivity index (χ1) is 9.62. The lowest BCUT2D eigenvalue weighted by Crippen LogP contribution is -2.30. The van der Waals surface area contributed by atoms with E-state index in [1.54, 1.807) is 25.3 Å². The van der Waals surface area contributed by atoms with Crippen LogP contribution in [-0.2, 0) is 0 Å². The maximum atomic E-state index is 12.2. The zero-order chi connectivity index (χ0) is 15.0. The van der Waals surface area contributed by atoms with Crippen molar-refractivity contribution in [3.8, 4) is 5.75 Å². The molecule has 0 aliphatic heterocycles. The molecule has 0 aliphatic rings. The number of methoxy groups -OCH3 is 1. The van der Waals surface area contributed by atoms with E-state index in [4.69, 9.17) is 9.84 Å². The van der Waals surface area contributed by atoms with Gasteiger partial charge in [0.05, 0.1) is 12.7 Å². The van der Waals surface area contributed by atoms with E-state index in [2.05, 4.69) is 28.2 Å². The van der Waals surface area contributed by atoms with Crippen LogP contribution >= 0.6 is 15.9 Å². The number of rotatable bonds is 8. The lowest BCUT2D eigenvalue weighted by Gasteiger charge is -2.16. The van der Waals surface area contributed by atoms with Gasteiger partial charge in [0.25, 0.3) is 5.91 Å². The summed E-state index contributed by atoms with van der Waals surface area (Å²) in [6, 6.07) is 5.30. The zero-order valence-corrected chi connectivity index (χ0v) is 13.6. The summed E-state index contributed by atoms with van der Waals surface area (Å²) in [4.78, 5) is 12.2. The Balaban J connectivity index is 2.65. The van der Waals surface area contributed by atoms with Crippen LogP contribution in [0.5, 0.6) is 5.75 Å².